The minimum atomic E-state index is -0.891. The van der Waals surface area contributed by atoms with Crippen molar-refractivity contribution in [3.8, 4) is 0 Å². The van der Waals surface area contributed by atoms with Crippen molar-refractivity contribution in [3.63, 3.8) is 0 Å². The molecule has 0 saturated carbocycles. The summed E-state index contributed by atoms with van der Waals surface area (Å²) in [6.45, 7) is 8.93. The van der Waals surface area contributed by atoms with E-state index in [9.17, 15) is 14.8 Å². The molecule has 0 fully saturated rings. The van der Waals surface area contributed by atoms with Crippen molar-refractivity contribution < 1.29 is 24.3 Å². The van der Waals surface area contributed by atoms with Gasteiger partial charge in [-0.05, 0) is 37.3 Å². The van der Waals surface area contributed by atoms with Crippen molar-refractivity contribution in [2.45, 2.75) is 123 Å². The number of hydrogen-bond acceptors (Lipinski definition) is 7. The van der Waals surface area contributed by atoms with Crippen LogP contribution in [0.2, 0.25) is 0 Å². The van der Waals surface area contributed by atoms with Crippen LogP contribution in [-0.2, 0) is 24.5 Å². The minimum Gasteiger partial charge on any atom is -0.463 e. The number of carbonyl (C=O) groups is 2. The fraction of sp³-hybridized carbons (Fsp3) is 0.688. The molecule has 2 rings (SSSR count). The van der Waals surface area contributed by atoms with Gasteiger partial charge in [0.15, 0.2) is 6.61 Å². The second kappa shape index (κ2) is 17.8. The Labute approximate surface area is 235 Å². The molecular formula is C32H50N2O5. The maximum absolute atomic E-state index is 12.8. The van der Waals surface area contributed by atoms with Crippen LogP contribution >= 0.6 is 0 Å². The summed E-state index contributed by atoms with van der Waals surface area (Å²) in [5.41, 5.74) is 2.98. The maximum Gasteiger partial charge on any atom is 0.363 e. The van der Waals surface area contributed by atoms with Gasteiger partial charge in [-0.2, -0.15) is 0 Å². The fourth-order valence-electron chi connectivity index (χ4n) is 5.85. The number of hydrogen-bond donors (Lipinski definition) is 1. The largest absolute Gasteiger partial charge is 0.463 e. The topological polar surface area (TPSA) is 97.6 Å². The molecule has 1 aliphatic heterocycles. The van der Waals surface area contributed by atoms with Crippen LogP contribution in [0.25, 0.3) is 0 Å². The molecular weight excluding hydrogens is 492 g/mol. The third-order valence-corrected chi connectivity index (χ3v) is 7.65. The van der Waals surface area contributed by atoms with Gasteiger partial charge in [-0.3, -0.25) is 4.99 Å². The predicted molar refractivity (Wildman–Crippen MR) is 157 cm³/mol. The van der Waals surface area contributed by atoms with Gasteiger partial charge in [-0.15, -0.1) is 0 Å². The monoisotopic (exact) mass is 542 g/mol. The molecule has 0 unspecified atom stereocenters. The van der Waals surface area contributed by atoms with E-state index in [0.29, 0.717) is 18.9 Å². The lowest BCUT2D eigenvalue weighted by atomic mass is 9.68. The molecule has 0 bridgehead atoms. The van der Waals surface area contributed by atoms with Crippen LogP contribution in [0.1, 0.15) is 127 Å². The number of carbonyl (C=O) groups excluding carboxylic acids is 2. The molecule has 0 saturated heterocycles. The molecule has 7 nitrogen and oxygen atoms in total. The summed E-state index contributed by atoms with van der Waals surface area (Å²) in [7, 11) is 0. The Morgan fingerprint density at radius 3 is 2.10 bits per heavy atom. The van der Waals surface area contributed by atoms with Gasteiger partial charge < -0.3 is 14.7 Å². The summed E-state index contributed by atoms with van der Waals surface area (Å²) < 4.78 is 10.4. The predicted octanol–water partition coefficient (Wildman–Crippen LogP) is 7.47. The van der Waals surface area contributed by atoms with Crippen molar-refractivity contribution in [2.24, 2.45) is 10.1 Å². The Kier molecular flexibility index (Phi) is 14.8. The van der Waals surface area contributed by atoms with Gasteiger partial charge in [-0.25, -0.2) is 9.59 Å². The number of oxime groups is 1. The first-order chi connectivity index (χ1) is 18.9. The van der Waals surface area contributed by atoms with E-state index in [1.165, 1.54) is 44.9 Å². The third-order valence-electron chi connectivity index (χ3n) is 7.65. The highest BCUT2D eigenvalue weighted by molar-refractivity contribution is 6.69. The minimum absolute atomic E-state index is 0.114. The Balaban J connectivity index is 1.85. The quantitative estimate of drug-likeness (QED) is 0.0643. The van der Waals surface area contributed by atoms with E-state index >= 15 is 0 Å². The van der Waals surface area contributed by atoms with Crippen molar-refractivity contribution in [2.75, 3.05) is 19.8 Å². The van der Waals surface area contributed by atoms with Gasteiger partial charge in [0.2, 0.25) is 5.71 Å². The zero-order chi connectivity index (χ0) is 28.5. The summed E-state index contributed by atoms with van der Waals surface area (Å²) >= 11 is 0. The molecule has 1 heterocycles. The number of aryl methyl sites for hydroxylation is 1. The number of ether oxygens (including phenoxy) is 2. The average molecular weight is 543 g/mol. The number of unbranched alkanes of at least 4 members (excludes halogenated alkanes) is 9. The van der Waals surface area contributed by atoms with Crippen LogP contribution in [-0.4, -0.2) is 48.3 Å². The van der Waals surface area contributed by atoms with Gasteiger partial charge in [0, 0.05) is 17.5 Å². The lowest BCUT2D eigenvalue weighted by molar-refractivity contribution is -0.155. The molecule has 0 aliphatic carbocycles. The zero-order valence-corrected chi connectivity index (χ0v) is 24.7. The van der Waals surface area contributed by atoms with Crippen molar-refractivity contribution >= 4 is 23.4 Å². The van der Waals surface area contributed by atoms with E-state index in [4.69, 9.17) is 14.5 Å². The van der Waals surface area contributed by atoms with Crippen LogP contribution in [0.5, 0.6) is 0 Å². The highest BCUT2D eigenvalue weighted by Crippen LogP contribution is 2.41. The van der Waals surface area contributed by atoms with Gasteiger partial charge in [0.1, 0.15) is 5.71 Å². The fourth-order valence-corrected chi connectivity index (χ4v) is 5.85. The first-order valence-corrected chi connectivity index (χ1v) is 15.1. The summed E-state index contributed by atoms with van der Waals surface area (Å²) in [6.07, 6.45) is 16.0. The molecule has 0 amide bonds. The molecule has 0 aromatic heterocycles. The summed E-state index contributed by atoms with van der Waals surface area (Å²) in [6, 6.07) is 5.91. The first-order valence-electron chi connectivity index (χ1n) is 15.1. The molecule has 0 atom stereocenters. The van der Waals surface area contributed by atoms with E-state index in [2.05, 4.69) is 38.9 Å². The Hall–Kier alpha value is -2.70. The van der Waals surface area contributed by atoms with Gasteiger partial charge in [-0.1, -0.05) is 115 Å². The summed E-state index contributed by atoms with van der Waals surface area (Å²) in [4.78, 5) is 29.7. The van der Waals surface area contributed by atoms with Crippen LogP contribution in [0.3, 0.4) is 0 Å². The molecule has 0 radical (unpaired) electrons. The Morgan fingerprint density at radius 2 is 1.51 bits per heavy atom. The second-order valence-electron chi connectivity index (χ2n) is 10.9. The molecule has 1 N–H and O–H groups in total. The molecule has 39 heavy (non-hydrogen) atoms. The zero-order valence-electron chi connectivity index (χ0n) is 24.7. The van der Waals surface area contributed by atoms with Gasteiger partial charge in [0.25, 0.3) is 0 Å². The van der Waals surface area contributed by atoms with E-state index in [-0.39, 0.29) is 11.1 Å². The highest BCUT2D eigenvalue weighted by Gasteiger charge is 2.40. The van der Waals surface area contributed by atoms with E-state index in [1.54, 1.807) is 0 Å². The highest BCUT2D eigenvalue weighted by atomic mass is 16.6. The number of aliphatic imine (C=N–C) groups is 1. The summed E-state index contributed by atoms with van der Waals surface area (Å²) in [5, 5.41) is 13.0. The van der Waals surface area contributed by atoms with Crippen LogP contribution in [0.4, 0.5) is 0 Å². The van der Waals surface area contributed by atoms with E-state index in [0.717, 1.165) is 61.6 Å². The first kappa shape index (κ1) is 32.5. The number of benzene rings is 1. The lowest BCUT2D eigenvalue weighted by Crippen LogP contribution is -2.40. The van der Waals surface area contributed by atoms with Crippen molar-refractivity contribution in [3.05, 3.63) is 34.9 Å². The number of fused-ring (bicyclic) bond motifs is 1. The normalized spacial score (nSPS) is 14.5. The standard InChI is InChI=1S/C32H50N2O5/c1-5-8-9-10-11-12-13-14-15-16-22-38-27(35)23-39-31(36)30(34-37)29-26-19-17-18-25(4)28(26)32(20-6-2,21-7-3)24-33-29/h17-19,37H,5-16,20-24H2,1-4H3/b34-30+. The molecule has 1 aromatic rings. The molecule has 7 heteroatoms. The van der Waals surface area contributed by atoms with E-state index in [1.807, 2.05) is 12.1 Å². The Morgan fingerprint density at radius 1 is 0.897 bits per heavy atom. The van der Waals surface area contributed by atoms with Crippen LogP contribution in [0, 0.1) is 6.92 Å². The number of nitrogens with zero attached hydrogens (tertiary/aromatic N) is 2. The van der Waals surface area contributed by atoms with Gasteiger partial charge >= 0.3 is 11.9 Å². The third kappa shape index (κ3) is 9.77. The SMILES string of the molecule is CCCCCCCCCCCCOC(=O)COC(=O)/C(=N/O)C1=NCC(CCC)(CCC)c2c(C)cccc21. The summed E-state index contributed by atoms with van der Waals surface area (Å²) in [5.74, 6) is -1.50. The molecule has 0 spiro atoms. The van der Waals surface area contributed by atoms with Crippen LogP contribution in [0.15, 0.2) is 28.3 Å². The smallest absolute Gasteiger partial charge is 0.363 e. The molecule has 1 aliphatic rings. The lowest BCUT2D eigenvalue weighted by Gasteiger charge is -2.39. The Bertz CT molecular complexity index is 963. The van der Waals surface area contributed by atoms with Gasteiger partial charge in [0.05, 0.1) is 6.61 Å². The second-order valence-corrected chi connectivity index (χ2v) is 10.9. The van der Waals surface area contributed by atoms with E-state index < -0.39 is 18.5 Å². The molecule has 1 aromatic carbocycles. The van der Waals surface area contributed by atoms with Crippen molar-refractivity contribution in [1.29, 1.82) is 0 Å². The van der Waals surface area contributed by atoms with Crippen LogP contribution < -0.4 is 0 Å². The van der Waals surface area contributed by atoms with Crippen molar-refractivity contribution in [1.82, 2.24) is 0 Å². The average Bonchev–Trinajstić information content (AvgIpc) is 2.92. The number of esters is 2. The molecule has 218 valence electrons. The number of rotatable bonds is 19. The maximum atomic E-state index is 12.8.